The summed E-state index contributed by atoms with van der Waals surface area (Å²) in [4.78, 5) is 28.2. The number of hydrogen-bond acceptors (Lipinski definition) is 5. The number of aromatic nitrogens is 1. The maximum Gasteiger partial charge on any atom is 0.330 e. The molecule has 6 heteroatoms. The number of benzene rings is 2. The molecule has 0 fully saturated rings. The van der Waals surface area contributed by atoms with Crippen LogP contribution < -0.4 is 5.32 Å². The first-order valence-corrected chi connectivity index (χ1v) is 9.31. The number of carbonyl (C=O) groups is 2. The van der Waals surface area contributed by atoms with E-state index in [-0.39, 0.29) is 18.3 Å². The third-order valence-electron chi connectivity index (χ3n) is 4.13. The number of anilines is 1. The lowest BCUT2D eigenvalue weighted by atomic mass is 10.2. The van der Waals surface area contributed by atoms with Crippen LogP contribution in [0.1, 0.15) is 23.9 Å². The van der Waals surface area contributed by atoms with Crippen molar-refractivity contribution in [2.24, 2.45) is 0 Å². The van der Waals surface area contributed by atoms with Crippen LogP contribution in [0, 0.1) is 6.92 Å². The van der Waals surface area contributed by atoms with E-state index in [0.717, 1.165) is 11.1 Å². The van der Waals surface area contributed by atoms with Crippen molar-refractivity contribution in [3.8, 4) is 11.5 Å². The topological polar surface area (TPSA) is 81.4 Å². The van der Waals surface area contributed by atoms with E-state index in [4.69, 9.17) is 9.15 Å². The van der Waals surface area contributed by atoms with E-state index in [9.17, 15) is 9.59 Å². The second-order valence-electron chi connectivity index (χ2n) is 6.32. The van der Waals surface area contributed by atoms with Gasteiger partial charge in [-0.3, -0.25) is 4.79 Å². The van der Waals surface area contributed by atoms with Gasteiger partial charge < -0.3 is 14.5 Å². The van der Waals surface area contributed by atoms with Gasteiger partial charge in [-0.2, -0.15) is 0 Å². The second-order valence-corrected chi connectivity index (χ2v) is 6.32. The van der Waals surface area contributed by atoms with Gasteiger partial charge in [-0.1, -0.05) is 30.3 Å². The van der Waals surface area contributed by atoms with Crippen molar-refractivity contribution in [1.82, 2.24) is 4.98 Å². The van der Waals surface area contributed by atoms with Crippen LogP contribution >= 0.6 is 0 Å². The highest BCUT2D eigenvalue weighted by Crippen LogP contribution is 2.22. The molecule has 1 amide bonds. The molecule has 0 spiro atoms. The average Bonchev–Trinajstić information content (AvgIpc) is 3.08. The normalized spacial score (nSPS) is 10.8. The van der Waals surface area contributed by atoms with Gasteiger partial charge in [0.2, 0.25) is 11.8 Å². The molecule has 1 heterocycles. The van der Waals surface area contributed by atoms with Gasteiger partial charge in [-0.25, -0.2) is 9.78 Å². The number of nitrogens with zero attached hydrogens (tertiary/aromatic N) is 1. The molecule has 0 saturated heterocycles. The average molecular weight is 390 g/mol. The Morgan fingerprint density at radius 3 is 2.52 bits per heavy atom. The maximum atomic E-state index is 12.4. The van der Waals surface area contributed by atoms with E-state index in [1.54, 1.807) is 44.2 Å². The number of amides is 1. The summed E-state index contributed by atoms with van der Waals surface area (Å²) in [5, 5.41) is 2.84. The van der Waals surface area contributed by atoms with E-state index in [2.05, 4.69) is 10.3 Å². The predicted octanol–water partition coefficient (Wildman–Crippen LogP) is 4.41. The van der Waals surface area contributed by atoms with Crippen LogP contribution in [-0.2, 0) is 20.7 Å². The number of hydrogen-bond donors (Lipinski definition) is 1. The molecule has 0 atom stereocenters. The Kier molecular flexibility index (Phi) is 6.58. The molecule has 0 bridgehead atoms. The molecule has 29 heavy (non-hydrogen) atoms. The van der Waals surface area contributed by atoms with Gasteiger partial charge in [-0.05, 0) is 49.8 Å². The summed E-state index contributed by atoms with van der Waals surface area (Å²) in [5.41, 5.74) is 2.97. The smallest absolute Gasteiger partial charge is 0.330 e. The highest BCUT2D eigenvalue weighted by Gasteiger charge is 2.14. The van der Waals surface area contributed by atoms with Gasteiger partial charge in [0, 0.05) is 17.3 Å². The van der Waals surface area contributed by atoms with E-state index in [1.807, 2.05) is 30.3 Å². The lowest BCUT2D eigenvalue weighted by Crippen LogP contribution is -2.15. The molecule has 0 aliphatic heterocycles. The number of rotatable bonds is 7. The monoisotopic (exact) mass is 390 g/mol. The molecule has 2 aromatic carbocycles. The van der Waals surface area contributed by atoms with Gasteiger partial charge in [0.15, 0.2) is 0 Å². The fraction of sp³-hybridized carbons (Fsp3) is 0.174. The van der Waals surface area contributed by atoms with Gasteiger partial charge in [0.05, 0.1) is 18.7 Å². The van der Waals surface area contributed by atoms with Crippen molar-refractivity contribution in [3.05, 3.63) is 77.7 Å². The molecule has 3 aromatic rings. The molecule has 0 saturated carbocycles. The number of ether oxygens (including phenoxy) is 1. The van der Waals surface area contributed by atoms with Crippen molar-refractivity contribution in [3.63, 3.8) is 0 Å². The minimum atomic E-state index is -0.386. The summed E-state index contributed by atoms with van der Waals surface area (Å²) >= 11 is 0. The highest BCUT2D eigenvalue weighted by molar-refractivity contribution is 5.92. The SMILES string of the molecule is CCOC(=O)/C=C/c1ccc(NC(=O)Cc2nc(-c3ccccc3)oc2C)cc1. The van der Waals surface area contributed by atoms with Gasteiger partial charge in [0.1, 0.15) is 5.76 Å². The molecule has 0 aliphatic rings. The van der Waals surface area contributed by atoms with Crippen LogP contribution in [0.25, 0.3) is 17.5 Å². The Bertz CT molecular complexity index is 1010. The summed E-state index contributed by atoms with van der Waals surface area (Å²) in [6.45, 7) is 3.89. The van der Waals surface area contributed by atoms with Crippen LogP contribution in [0.2, 0.25) is 0 Å². The molecule has 0 unspecified atom stereocenters. The van der Waals surface area contributed by atoms with Crippen LogP contribution in [0.4, 0.5) is 5.69 Å². The first kappa shape index (κ1) is 20.1. The summed E-state index contributed by atoms with van der Waals surface area (Å²) in [6, 6.07) is 16.7. The zero-order valence-corrected chi connectivity index (χ0v) is 16.3. The number of carbonyl (C=O) groups excluding carboxylic acids is 2. The second kappa shape index (κ2) is 9.50. The minimum Gasteiger partial charge on any atom is -0.463 e. The molecular formula is C23H22N2O4. The zero-order valence-electron chi connectivity index (χ0n) is 16.3. The molecule has 148 valence electrons. The van der Waals surface area contributed by atoms with Crippen molar-refractivity contribution >= 4 is 23.6 Å². The van der Waals surface area contributed by atoms with Crippen LogP contribution in [0.15, 0.2) is 65.1 Å². The minimum absolute atomic E-state index is 0.118. The standard InChI is InChI=1S/C23H22N2O4/c1-3-28-22(27)14-11-17-9-12-19(13-10-17)24-21(26)15-20-16(2)29-23(25-20)18-7-5-4-6-8-18/h4-14H,3,15H2,1-2H3,(H,24,26)/b14-11+. The zero-order chi connectivity index (χ0) is 20.6. The van der Waals surface area contributed by atoms with Crippen LogP contribution in [0.5, 0.6) is 0 Å². The Hall–Kier alpha value is -3.67. The first-order chi connectivity index (χ1) is 14.0. The Labute approximate surface area is 169 Å². The van der Waals surface area contributed by atoms with Crippen molar-refractivity contribution in [2.75, 3.05) is 11.9 Å². The third kappa shape index (κ3) is 5.65. The quantitative estimate of drug-likeness (QED) is 0.477. The fourth-order valence-electron chi connectivity index (χ4n) is 2.69. The van der Waals surface area contributed by atoms with Crippen molar-refractivity contribution in [1.29, 1.82) is 0 Å². The Morgan fingerprint density at radius 2 is 1.83 bits per heavy atom. The van der Waals surface area contributed by atoms with E-state index < -0.39 is 0 Å². The van der Waals surface area contributed by atoms with Crippen LogP contribution in [-0.4, -0.2) is 23.5 Å². The maximum absolute atomic E-state index is 12.4. The molecule has 1 aromatic heterocycles. The molecule has 1 N–H and O–H groups in total. The molecular weight excluding hydrogens is 368 g/mol. The number of oxazole rings is 1. The lowest BCUT2D eigenvalue weighted by Gasteiger charge is -2.04. The third-order valence-corrected chi connectivity index (χ3v) is 4.13. The first-order valence-electron chi connectivity index (χ1n) is 9.31. The molecule has 0 radical (unpaired) electrons. The molecule has 0 aliphatic carbocycles. The summed E-state index contributed by atoms with van der Waals surface area (Å²) in [5.74, 6) is 0.556. The Balaban J connectivity index is 1.60. The molecule has 6 nitrogen and oxygen atoms in total. The van der Waals surface area contributed by atoms with Crippen LogP contribution in [0.3, 0.4) is 0 Å². The number of nitrogens with one attached hydrogen (secondary N) is 1. The summed E-state index contributed by atoms with van der Waals surface area (Å²) in [6.07, 6.45) is 3.15. The van der Waals surface area contributed by atoms with Gasteiger partial charge in [0.25, 0.3) is 0 Å². The lowest BCUT2D eigenvalue weighted by molar-refractivity contribution is -0.137. The number of esters is 1. The Morgan fingerprint density at radius 1 is 1.10 bits per heavy atom. The van der Waals surface area contributed by atoms with E-state index in [0.29, 0.717) is 29.6 Å². The predicted molar refractivity (Wildman–Crippen MR) is 111 cm³/mol. The van der Waals surface area contributed by atoms with E-state index in [1.165, 1.54) is 6.08 Å². The van der Waals surface area contributed by atoms with E-state index >= 15 is 0 Å². The number of aryl methyl sites for hydroxylation is 1. The van der Waals surface area contributed by atoms with Gasteiger partial charge in [-0.15, -0.1) is 0 Å². The summed E-state index contributed by atoms with van der Waals surface area (Å²) < 4.78 is 10.5. The van der Waals surface area contributed by atoms with Crippen molar-refractivity contribution < 1.29 is 18.7 Å². The fourth-order valence-corrected chi connectivity index (χ4v) is 2.69. The van der Waals surface area contributed by atoms with Gasteiger partial charge >= 0.3 is 5.97 Å². The molecule has 3 rings (SSSR count). The largest absolute Gasteiger partial charge is 0.463 e. The highest BCUT2D eigenvalue weighted by atomic mass is 16.5. The summed E-state index contributed by atoms with van der Waals surface area (Å²) in [7, 11) is 0. The van der Waals surface area contributed by atoms with Crippen molar-refractivity contribution in [2.45, 2.75) is 20.3 Å².